The Hall–Kier alpha value is -3.01. The maximum atomic E-state index is 11.5. The summed E-state index contributed by atoms with van der Waals surface area (Å²) in [6.07, 6.45) is 1.80. The fourth-order valence-electron chi connectivity index (χ4n) is 1.66. The highest BCUT2D eigenvalue weighted by Gasteiger charge is 2.15. The number of carboxylic acids is 1. The van der Waals surface area contributed by atoms with Crippen molar-refractivity contribution in [2.24, 2.45) is 0 Å². The molecule has 0 fully saturated rings. The Bertz CT molecular complexity index is 669. The average molecular weight is 332 g/mol. The molecule has 0 aliphatic carbocycles. The largest absolute Gasteiger partial charge is 0.491 e. The molecule has 1 aromatic carbocycles. The van der Waals surface area contributed by atoms with Crippen molar-refractivity contribution in [3.05, 3.63) is 35.4 Å². The number of nitrogens with zero attached hydrogens (tertiary/aromatic N) is 1. The van der Waals surface area contributed by atoms with E-state index in [4.69, 9.17) is 19.8 Å². The molecule has 0 heterocycles. The number of ether oxygens (including phenoxy) is 2. The fraction of sp³-hybridized carbons (Fsp3) is 0.353. The third-order valence-electron chi connectivity index (χ3n) is 2.58. The van der Waals surface area contributed by atoms with Crippen LogP contribution < -0.4 is 10.1 Å². The summed E-state index contributed by atoms with van der Waals surface area (Å²) in [4.78, 5) is 22.1. The van der Waals surface area contributed by atoms with Crippen molar-refractivity contribution >= 4 is 18.1 Å². The van der Waals surface area contributed by atoms with Gasteiger partial charge in [-0.25, -0.2) is 9.59 Å². The van der Waals surface area contributed by atoms with Gasteiger partial charge in [-0.2, -0.15) is 5.26 Å². The van der Waals surface area contributed by atoms with Crippen LogP contribution in [0.2, 0.25) is 0 Å². The van der Waals surface area contributed by atoms with E-state index in [9.17, 15) is 9.59 Å². The number of amides is 1. The van der Waals surface area contributed by atoms with E-state index in [0.29, 0.717) is 16.9 Å². The number of rotatable bonds is 6. The van der Waals surface area contributed by atoms with E-state index < -0.39 is 17.7 Å². The van der Waals surface area contributed by atoms with Crippen molar-refractivity contribution in [3.8, 4) is 11.8 Å². The highest BCUT2D eigenvalue weighted by Crippen LogP contribution is 2.21. The van der Waals surface area contributed by atoms with Crippen LogP contribution in [0.1, 0.15) is 31.9 Å². The number of hydrogen-bond donors (Lipinski definition) is 2. The van der Waals surface area contributed by atoms with E-state index >= 15 is 0 Å². The van der Waals surface area contributed by atoms with Gasteiger partial charge in [0.05, 0.1) is 18.2 Å². The van der Waals surface area contributed by atoms with Gasteiger partial charge in [-0.05, 0) is 45.0 Å². The number of nitrogens with one attached hydrogen (secondary N) is 1. The smallest absolute Gasteiger partial charge is 0.407 e. The molecular weight excluding hydrogens is 312 g/mol. The highest BCUT2D eigenvalue weighted by molar-refractivity contribution is 5.86. The second kappa shape index (κ2) is 8.58. The van der Waals surface area contributed by atoms with Gasteiger partial charge < -0.3 is 19.9 Å². The van der Waals surface area contributed by atoms with Gasteiger partial charge in [-0.3, -0.25) is 0 Å². The summed E-state index contributed by atoms with van der Waals surface area (Å²) < 4.78 is 10.6. The molecule has 7 nitrogen and oxygen atoms in total. The molecule has 0 saturated carbocycles. The van der Waals surface area contributed by atoms with Gasteiger partial charge in [0.1, 0.15) is 18.0 Å². The van der Waals surface area contributed by atoms with Crippen LogP contribution in [0.3, 0.4) is 0 Å². The fourth-order valence-corrected chi connectivity index (χ4v) is 1.66. The Morgan fingerprint density at radius 2 is 2.08 bits per heavy atom. The number of alkyl carbamates (subject to hydrolysis) is 1. The molecule has 0 bridgehead atoms. The second-order valence-electron chi connectivity index (χ2n) is 5.81. The maximum absolute atomic E-state index is 11.5. The standard InChI is InChI=1S/C17H20N2O5/c1-17(2,3)24-16(22)19-8-9-23-14-10-12(11-18)4-5-13(14)6-7-15(20)21/h4-7,10H,8-9H2,1-3H3,(H,19,22)(H,20,21). The van der Waals surface area contributed by atoms with Crippen molar-refractivity contribution in [2.75, 3.05) is 13.2 Å². The van der Waals surface area contributed by atoms with E-state index in [1.807, 2.05) is 6.07 Å². The lowest BCUT2D eigenvalue weighted by atomic mass is 10.1. The molecule has 1 amide bonds. The Balaban J connectivity index is 2.64. The van der Waals surface area contributed by atoms with Crippen LogP contribution >= 0.6 is 0 Å². The molecule has 0 aliphatic rings. The maximum Gasteiger partial charge on any atom is 0.407 e. The molecule has 7 heteroatoms. The number of nitriles is 1. The molecule has 0 radical (unpaired) electrons. The number of benzene rings is 1. The molecule has 0 aromatic heterocycles. The molecule has 0 spiro atoms. The van der Waals surface area contributed by atoms with E-state index in [-0.39, 0.29) is 13.2 Å². The van der Waals surface area contributed by atoms with Gasteiger partial charge in [-0.15, -0.1) is 0 Å². The van der Waals surface area contributed by atoms with E-state index in [1.165, 1.54) is 12.1 Å². The summed E-state index contributed by atoms with van der Waals surface area (Å²) >= 11 is 0. The van der Waals surface area contributed by atoms with Gasteiger partial charge in [-0.1, -0.05) is 0 Å². The normalized spacial score (nSPS) is 10.9. The number of hydrogen-bond acceptors (Lipinski definition) is 5. The summed E-state index contributed by atoms with van der Waals surface area (Å²) in [5, 5.41) is 20.2. The quantitative estimate of drug-likeness (QED) is 0.612. The molecule has 0 saturated heterocycles. The summed E-state index contributed by atoms with van der Waals surface area (Å²) in [6.45, 7) is 5.63. The molecule has 128 valence electrons. The first-order valence-electron chi connectivity index (χ1n) is 7.26. The third kappa shape index (κ3) is 7.31. The lowest BCUT2D eigenvalue weighted by Gasteiger charge is -2.19. The van der Waals surface area contributed by atoms with E-state index in [2.05, 4.69) is 5.32 Å². The SMILES string of the molecule is CC(C)(C)OC(=O)NCCOc1cc(C#N)ccc1C=CC(=O)O. The van der Waals surface area contributed by atoms with Gasteiger partial charge in [0.2, 0.25) is 0 Å². The van der Waals surface area contributed by atoms with Crippen molar-refractivity contribution < 1.29 is 24.2 Å². The zero-order valence-corrected chi connectivity index (χ0v) is 13.8. The van der Waals surface area contributed by atoms with Crippen LogP contribution in [0.25, 0.3) is 6.08 Å². The predicted octanol–water partition coefficient (Wildman–Crippen LogP) is 2.56. The number of carboxylic acid groups (broad SMARTS) is 1. The van der Waals surface area contributed by atoms with Crippen molar-refractivity contribution in [3.63, 3.8) is 0 Å². The zero-order valence-electron chi connectivity index (χ0n) is 13.8. The molecule has 0 aliphatic heterocycles. The number of carbonyl (C=O) groups excluding carboxylic acids is 1. The monoisotopic (exact) mass is 332 g/mol. The van der Waals surface area contributed by atoms with E-state index in [1.54, 1.807) is 32.9 Å². The van der Waals surface area contributed by atoms with Gasteiger partial charge in [0.15, 0.2) is 0 Å². The molecule has 1 aromatic rings. The van der Waals surface area contributed by atoms with Crippen molar-refractivity contribution in [1.82, 2.24) is 5.32 Å². The van der Waals surface area contributed by atoms with Crippen molar-refractivity contribution in [2.45, 2.75) is 26.4 Å². The van der Waals surface area contributed by atoms with Crippen LogP contribution in [0.4, 0.5) is 4.79 Å². The third-order valence-corrected chi connectivity index (χ3v) is 2.58. The first kappa shape index (κ1) is 19.0. The van der Waals surface area contributed by atoms with Crippen LogP contribution in [0.5, 0.6) is 5.75 Å². The second-order valence-corrected chi connectivity index (χ2v) is 5.81. The molecule has 24 heavy (non-hydrogen) atoms. The topological polar surface area (TPSA) is 109 Å². The van der Waals surface area contributed by atoms with Crippen LogP contribution in [-0.2, 0) is 9.53 Å². The molecular formula is C17H20N2O5. The van der Waals surface area contributed by atoms with Gasteiger partial charge >= 0.3 is 12.1 Å². The molecule has 0 unspecified atom stereocenters. The summed E-state index contributed by atoms with van der Waals surface area (Å²) in [6, 6.07) is 6.65. The minimum absolute atomic E-state index is 0.141. The van der Waals surface area contributed by atoms with E-state index in [0.717, 1.165) is 6.08 Å². The lowest BCUT2D eigenvalue weighted by molar-refractivity contribution is -0.131. The highest BCUT2D eigenvalue weighted by atomic mass is 16.6. The minimum atomic E-state index is -1.09. The molecule has 0 atom stereocenters. The van der Waals surface area contributed by atoms with Gasteiger partial charge in [0.25, 0.3) is 0 Å². The van der Waals surface area contributed by atoms with Crippen LogP contribution in [0, 0.1) is 11.3 Å². The number of aliphatic carboxylic acids is 1. The number of carbonyl (C=O) groups is 2. The molecule has 2 N–H and O–H groups in total. The Labute approximate surface area is 140 Å². The summed E-state index contributed by atoms with van der Waals surface area (Å²) in [7, 11) is 0. The van der Waals surface area contributed by atoms with Crippen LogP contribution in [0.15, 0.2) is 24.3 Å². The Morgan fingerprint density at radius 3 is 2.67 bits per heavy atom. The zero-order chi connectivity index (χ0) is 18.2. The van der Waals surface area contributed by atoms with Crippen molar-refractivity contribution in [1.29, 1.82) is 5.26 Å². The summed E-state index contributed by atoms with van der Waals surface area (Å²) in [5.74, 6) is -0.727. The molecule has 1 rings (SSSR count). The minimum Gasteiger partial charge on any atom is -0.491 e. The van der Waals surface area contributed by atoms with Crippen LogP contribution in [-0.4, -0.2) is 35.9 Å². The summed E-state index contributed by atoms with van der Waals surface area (Å²) in [5.41, 5.74) is 0.326. The predicted molar refractivity (Wildman–Crippen MR) is 87.6 cm³/mol. The lowest BCUT2D eigenvalue weighted by Crippen LogP contribution is -2.34. The Morgan fingerprint density at radius 1 is 1.38 bits per heavy atom. The first-order chi connectivity index (χ1) is 11.2. The average Bonchev–Trinajstić information content (AvgIpc) is 2.48. The van der Waals surface area contributed by atoms with Gasteiger partial charge in [0, 0.05) is 11.6 Å². The Kier molecular flexibility index (Phi) is 6.80. The first-order valence-corrected chi connectivity index (χ1v) is 7.26.